The first-order valence-corrected chi connectivity index (χ1v) is 5.70. The van der Waals surface area contributed by atoms with Gasteiger partial charge >= 0.3 is 5.97 Å². The number of allylic oxidation sites excluding steroid dienone is 1. The molecule has 0 saturated carbocycles. The quantitative estimate of drug-likeness (QED) is 0.384. The molecule has 14 heavy (non-hydrogen) atoms. The predicted octanol–water partition coefficient (Wildman–Crippen LogP) is 0.417. The SMILES string of the molecule is BC(C(=O)OCC)C(=O)C1C=CSC1. The predicted molar refractivity (Wildman–Crippen MR) is 59.0 cm³/mol. The molecule has 0 bridgehead atoms. The minimum absolute atomic E-state index is 0.0373. The highest BCUT2D eigenvalue weighted by atomic mass is 32.2. The number of rotatable bonds is 4. The van der Waals surface area contributed by atoms with Gasteiger partial charge < -0.3 is 4.74 Å². The first-order valence-electron chi connectivity index (χ1n) is 4.65. The fraction of sp³-hybridized carbons (Fsp3) is 0.556. The lowest BCUT2D eigenvalue weighted by Gasteiger charge is -2.12. The zero-order valence-electron chi connectivity index (χ0n) is 8.36. The van der Waals surface area contributed by atoms with Gasteiger partial charge in [-0.25, -0.2) is 0 Å². The number of hydrogen-bond acceptors (Lipinski definition) is 4. The molecule has 3 nitrogen and oxygen atoms in total. The minimum Gasteiger partial charge on any atom is -0.466 e. The average molecular weight is 212 g/mol. The molecular formula is C9H13BO3S. The van der Waals surface area contributed by atoms with Crippen molar-refractivity contribution in [3.05, 3.63) is 11.5 Å². The number of carbonyl (C=O) groups excluding carboxylic acids is 2. The molecule has 0 aliphatic carbocycles. The van der Waals surface area contributed by atoms with Crippen LogP contribution >= 0.6 is 11.8 Å². The Morgan fingerprint density at radius 1 is 1.71 bits per heavy atom. The molecule has 0 aromatic rings. The van der Waals surface area contributed by atoms with E-state index in [1.807, 2.05) is 11.5 Å². The topological polar surface area (TPSA) is 43.4 Å². The van der Waals surface area contributed by atoms with E-state index in [1.54, 1.807) is 26.5 Å². The van der Waals surface area contributed by atoms with E-state index in [1.165, 1.54) is 0 Å². The van der Waals surface area contributed by atoms with E-state index in [9.17, 15) is 9.59 Å². The Hall–Kier alpha value is -0.705. The van der Waals surface area contributed by atoms with Crippen molar-refractivity contribution in [3.8, 4) is 0 Å². The number of esters is 1. The van der Waals surface area contributed by atoms with Crippen molar-refractivity contribution in [3.63, 3.8) is 0 Å². The molecule has 0 aromatic carbocycles. The number of thioether (sulfide) groups is 1. The van der Waals surface area contributed by atoms with Crippen molar-refractivity contribution in [2.24, 2.45) is 5.92 Å². The molecule has 1 aliphatic rings. The molecule has 1 aliphatic heterocycles. The fourth-order valence-corrected chi connectivity index (χ4v) is 2.14. The van der Waals surface area contributed by atoms with E-state index in [-0.39, 0.29) is 11.7 Å². The third-order valence-corrected chi connectivity index (χ3v) is 3.02. The summed E-state index contributed by atoms with van der Waals surface area (Å²) < 4.78 is 4.79. The van der Waals surface area contributed by atoms with Crippen LogP contribution in [0.1, 0.15) is 6.92 Å². The summed E-state index contributed by atoms with van der Waals surface area (Å²) in [7, 11) is 1.61. The fourth-order valence-electron chi connectivity index (χ4n) is 1.25. The average Bonchev–Trinajstić information content (AvgIpc) is 2.68. The molecule has 0 radical (unpaired) electrons. The van der Waals surface area contributed by atoms with E-state index >= 15 is 0 Å². The molecule has 76 valence electrons. The number of ether oxygens (including phenoxy) is 1. The van der Waals surface area contributed by atoms with Crippen LogP contribution in [0.5, 0.6) is 0 Å². The molecule has 0 N–H and O–H groups in total. The minimum atomic E-state index is -0.636. The molecule has 0 amide bonds. The zero-order valence-corrected chi connectivity index (χ0v) is 9.17. The maximum absolute atomic E-state index is 11.7. The number of Topliss-reactive ketones (excluding diaryl/α,β-unsaturated/α-hetero) is 1. The van der Waals surface area contributed by atoms with Crippen molar-refractivity contribution >= 4 is 31.4 Å². The van der Waals surface area contributed by atoms with Crippen LogP contribution in [0.4, 0.5) is 0 Å². The van der Waals surface area contributed by atoms with Gasteiger partial charge in [-0.2, -0.15) is 0 Å². The molecule has 2 atom stereocenters. The van der Waals surface area contributed by atoms with E-state index in [2.05, 4.69) is 0 Å². The zero-order chi connectivity index (χ0) is 10.6. The summed E-state index contributed by atoms with van der Waals surface area (Å²) in [5, 5.41) is 1.90. The molecule has 1 rings (SSSR count). The summed E-state index contributed by atoms with van der Waals surface area (Å²) in [5.41, 5.74) is 0. The van der Waals surface area contributed by atoms with Crippen LogP contribution in [0.2, 0.25) is 5.82 Å². The number of ketones is 1. The lowest BCUT2D eigenvalue weighted by molar-refractivity contribution is -0.145. The van der Waals surface area contributed by atoms with Crippen molar-refractivity contribution in [1.82, 2.24) is 0 Å². The highest BCUT2D eigenvalue weighted by molar-refractivity contribution is 8.02. The van der Waals surface area contributed by atoms with Crippen LogP contribution in [0.3, 0.4) is 0 Å². The summed E-state index contributed by atoms with van der Waals surface area (Å²) in [4.78, 5) is 23.0. The highest BCUT2D eigenvalue weighted by Crippen LogP contribution is 2.24. The van der Waals surface area contributed by atoms with Gasteiger partial charge in [0.2, 0.25) is 0 Å². The van der Waals surface area contributed by atoms with Gasteiger partial charge in [-0.05, 0) is 12.3 Å². The molecule has 0 spiro atoms. The lowest BCUT2D eigenvalue weighted by atomic mass is 9.79. The Morgan fingerprint density at radius 2 is 2.43 bits per heavy atom. The normalized spacial score (nSPS) is 21.9. The lowest BCUT2D eigenvalue weighted by Crippen LogP contribution is -2.26. The standard InChI is InChI=1S/C9H13BO3S/c1-2-13-9(12)7(10)8(11)6-3-4-14-5-6/h3-4,6-7H,2,5,10H2,1H3. The van der Waals surface area contributed by atoms with Crippen LogP contribution in [0.15, 0.2) is 11.5 Å². The van der Waals surface area contributed by atoms with Gasteiger partial charge in [-0.1, -0.05) is 6.08 Å². The van der Waals surface area contributed by atoms with Crippen LogP contribution in [-0.4, -0.2) is 32.0 Å². The summed E-state index contributed by atoms with van der Waals surface area (Å²) in [6.07, 6.45) is 1.85. The van der Waals surface area contributed by atoms with Gasteiger partial charge in [0.25, 0.3) is 0 Å². The molecule has 0 fully saturated rings. The van der Waals surface area contributed by atoms with Crippen molar-refractivity contribution < 1.29 is 14.3 Å². The van der Waals surface area contributed by atoms with Crippen molar-refractivity contribution in [2.75, 3.05) is 12.4 Å². The largest absolute Gasteiger partial charge is 0.466 e. The molecule has 2 unspecified atom stereocenters. The van der Waals surface area contributed by atoms with Gasteiger partial charge in [0, 0.05) is 11.7 Å². The summed E-state index contributed by atoms with van der Waals surface area (Å²) >= 11 is 1.60. The Morgan fingerprint density at radius 3 is 2.93 bits per heavy atom. The molecular weight excluding hydrogens is 199 g/mol. The van der Waals surface area contributed by atoms with Gasteiger partial charge in [0.1, 0.15) is 13.6 Å². The summed E-state index contributed by atoms with van der Waals surface area (Å²) in [6.45, 7) is 2.06. The van der Waals surface area contributed by atoms with Crippen LogP contribution in [-0.2, 0) is 14.3 Å². The Balaban J connectivity index is 2.51. The van der Waals surface area contributed by atoms with E-state index in [0.717, 1.165) is 5.75 Å². The molecule has 0 saturated heterocycles. The van der Waals surface area contributed by atoms with Crippen LogP contribution < -0.4 is 0 Å². The molecule has 1 heterocycles. The molecule has 0 aromatic heterocycles. The van der Waals surface area contributed by atoms with Gasteiger partial charge in [0.05, 0.1) is 12.4 Å². The second-order valence-electron chi connectivity index (χ2n) is 3.14. The Kier molecular flexibility index (Phi) is 4.26. The second kappa shape index (κ2) is 5.24. The summed E-state index contributed by atoms with van der Waals surface area (Å²) in [5.74, 6) is -0.446. The van der Waals surface area contributed by atoms with Crippen molar-refractivity contribution in [1.29, 1.82) is 0 Å². The van der Waals surface area contributed by atoms with E-state index < -0.39 is 11.8 Å². The van der Waals surface area contributed by atoms with E-state index in [4.69, 9.17) is 4.74 Å². The summed E-state index contributed by atoms with van der Waals surface area (Å²) in [6, 6.07) is 0. The second-order valence-corrected chi connectivity index (χ2v) is 4.08. The smallest absolute Gasteiger partial charge is 0.308 e. The monoisotopic (exact) mass is 212 g/mol. The van der Waals surface area contributed by atoms with E-state index in [0.29, 0.717) is 6.61 Å². The van der Waals surface area contributed by atoms with Gasteiger partial charge in [-0.15, -0.1) is 11.8 Å². The first-order chi connectivity index (χ1) is 6.66. The third kappa shape index (κ3) is 2.64. The molecule has 5 heteroatoms. The number of hydrogen-bond donors (Lipinski definition) is 0. The van der Waals surface area contributed by atoms with Crippen LogP contribution in [0.25, 0.3) is 0 Å². The highest BCUT2D eigenvalue weighted by Gasteiger charge is 2.29. The van der Waals surface area contributed by atoms with Gasteiger partial charge in [0.15, 0.2) is 0 Å². The Labute approximate surface area is 88.7 Å². The number of carbonyl (C=O) groups is 2. The first kappa shape index (κ1) is 11.4. The van der Waals surface area contributed by atoms with Gasteiger partial charge in [-0.3, -0.25) is 9.59 Å². The van der Waals surface area contributed by atoms with Crippen LogP contribution in [0, 0.1) is 5.92 Å². The maximum Gasteiger partial charge on any atom is 0.308 e. The maximum atomic E-state index is 11.7. The third-order valence-electron chi connectivity index (χ3n) is 2.12. The van der Waals surface area contributed by atoms with Crippen molar-refractivity contribution in [2.45, 2.75) is 12.7 Å². The Bertz CT molecular complexity index is 265.